The van der Waals surface area contributed by atoms with Crippen LogP contribution in [0.3, 0.4) is 0 Å². The molecule has 6 nitrogen and oxygen atoms in total. The number of rotatable bonds is 5. The third-order valence-electron chi connectivity index (χ3n) is 6.90. The van der Waals surface area contributed by atoms with Gasteiger partial charge < -0.3 is 9.72 Å². The Morgan fingerprint density at radius 1 is 1.16 bits per heavy atom. The van der Waals surface area contributed by atoms with E-state index in [1.165, 1.54) is 16.9 Å². The number of fused-ring (bicyclic) bond motifs is 2. The van der Waals surface area contributed by atoms with E-state index in [4.69, 9.17) is 9.73 Å². The maximum absolute atomic E-state index is 13.9. The van der Waals surface area contributed by atoms with Gasteiger partial charge in [0, 0.05) is 22.2 Å². The largest absolute Gasteiger partial charge is 0.463 e. The minimum Gasteiger partial charge on any atom is -0.463 e. The Kier molecular flexibility index (Phi) is 6.50. The van der Waals surface area contributed by atoms with Gasteiger partial charge in [0.25, 0.3) is 5.56 Å². The third kappa shape index (κ3) is 4.37. The molecule has 5 rings (SSSR count). The zero-order valence-corrected chi connectivity index (χ0v) is 22.8. The van der Waals surface area contributed by atoms with Crippen LogP contribution in [0.4, 0.5) is 0 Å². The molecule has 0 bridgehead atoms. The number of carbonyl (C=O) groups is 1. The summed E-state index contributed by atoms with van der Waals surface area (Å²) in [5, 5.41) is 1.08. The molecule has 2 aromatic heterocycles. The van der Waals surface area contributed by atoms with Gasteiger partial charge in [-0.05, 0) is 62.9 Å². The second kappa shape index (κ2) is 9.63. The molecule has 1 aliphatic rings. The quantitative estimate of drug-likeness (QED) is 0.381. The lowest BCUT2D eigenvalue weighted by atomic mass is 9.93. The molecule has 0 unspecified atom stereocenters. The number of ether oxygens (including phenoxy) is 1. The first-order chi connectivity index (χ1) is 17.7. The minimum atomic E-state index is -0.607. The van der Waals surface area contributed by atoms with Crippen molar-refractivity contribution in [1.29, 1.82) is 0 Å². The maximum Gasteiger partial charge on any atom is 0.338 e. The second-order valence-electron chi connectivity index (χ2n) is 9.84. The standard InChI is InChI=1S/C30H31N3O3S/c1-7-36-29(35)26-19(6)32-30-33(27(26)21-11-9-20(10-12-21)16(2)3)28(34)25(37-30)15-22-18(5)31-24-13-8-17(4)14-23(22)24/h8-16,27,31H,7H2,1-6H3/b25-15-/t27-/m0/s1. The van der Waals surface area contributed by atoms with Crippen molar-refractivity contribution in [2.45, 2.75) is 53.5 Å². The lowest BCUT2D eigenvalue weighted by Gasteiger charge is -2.25. The van der Waals surface area contributed by atoms with E-state index < -0.39 is 12.0 Å². The van der Waals surface area contributed by atoms with Gasteiger partial charge in [-0.15, -0.1) is 0 Å². The highest BCUT2D eigenvalue weighted by molar-refractivity contribution is 7.07. The van der Waals surface area contributed by atoms with E-state index in [0.717, 1.165) is 33.3 Å². The number of hydrogen-bond donors (Lipinski definition) is 1. The van der Waals surface area contributed by atoms with Crippen LogP contribution in [0.2, 0.25) is 0 Å². The molecule has 2 aromatic carbocycles. The van der Waals surface area contributed by atoms with Gasteiger partial charge in [0.1, 0.15) is 0 Å². The first kappa shape index (κ1) is 25.0. The lowest BCUT2D eigenvalue weighted by molar-refractivity contribution is -0.139. The molecule has 0 spiro atoms. The van der Waals surface area contributed by atoms with Gasteiger partial charge in [-0.2, -0.15) is 0 Å². The van der Waals surface area contributed by atoms with E-state index in [9.17, 15) is 9.59 Å². The van der Waals surface area contributed by atoms with E-state index in [1.54, 1.807) is 11.5 Å². The summed E-state index contributed by atoms with van der Waals surface area (Å²) in [7, 11) is 0. The Morgan fingerprint density at radius 2 is 1.89 bits per heavy atom. The SMILES string of the molecule is CCOC(=O)C1=C(C)N=c2s/c(=C\c3c(C)[nH]c4ccc(C)cc34)c(=O)n2[C@H]1c1ccc(C(C)C)cc1. The summed E-state index contributed by atoms with van der Waals surface area (Å²) in [6, 6.07) is 13.8. The molecule has 1 N–H and O–H groups in total. The molecule has 190 valence electrons. The minimum absolute atomic E-state index is 0.169. The van der Waals surface area contributed by atoms with Crippen molar-refractivity contribution in [2.24, 2.45) is 4.99 Å². The van der Waals surface area contributed by atoms with Crippen molar-refractivity contribution < 1.29 is 9.53 Å². The van der Waals surface area contributed by atoms with Crippen molar-refractivity contribution in [2.75, 3.05) is 6.61 Å². The summed E-state index contributed by atoms with van der Waals surface area (Å²) in [6.45, 7) is 12.2. The normalized spacial score (nSPS) is 15.9. The Balaban J connectivity index is 1.74. The summed E-state index contributed by atoms with van der Waals surface area (Å²) >= 11 is 1.35. The highest BCUT2D eigenvalue weighted by Gasteiger charge is 2.33. The number of aromatic amines is 1. The number of hydrogen-bond acceptors (Lipinski definition) is 5. The molecule has 0 aliphatic carbocycles. The molecule has 0 amide bonds. The van der Waals surface area contributed by atoms with Crippen LogP contribution < -0.4 is 14.9 Å². The van der Waals surface area contributed by atoms with Gasteiger partial charge in [-0.3, -0.25) is 9.36 Å². The molecule has 1 aliphatic heterocycles. The second-order valence-corrected chi connectivity index (χ2v) is 10.8. The highest BCUT2D eigenvalue weighted by Crippen LogP contribution is 2.31. The predicted molar refractivity (Wildman–Crippen MR) is 149 cm³/mol. The number of nitrogens with one attached hydrogen (secondary N) is 1. The summed E-state index contributed by atoms with van der Waals surface area (Å²) < 4.78 is 7.63. The van der Waals surface area contributed by atoms with Crippen LogP contribution in [0.5, 0.6) is 0 Å². The molecule has 0 saturated heterocycles. The molecule has 0 radical (unpaired) electrons. The Morgan fingerprint density at radius 3 is 2.57 bits per heavy atom. The van der Waals surface area contributed by atoms with Crippen LogP contribution in [0.25, 0.3) is 17.0 Å². The number of carbonyl (C=O) groups excluding carboxylic acids is 1. The maximum atomic E-state index is 13.9. The fraction of sp³-hybridized carbons (Fsp3) is 0.300. The fourth-order valence-corrected chi connectivity index (χ4v) is 5.98. The molecule has 4 aromatic rings. The summed E-state index contributed by atoms with van der Waals surface area (Å²) in [4.78, 5) is 35.7. The summed E-state index contributed by atoms with van der Waals surface area (Å²) in [6.07, 6.45) is 1.94. The molecular formula is C30H31N3O3S. The summed E-state index contributed by atoms with van der Waals surface area (Å²) in [5.74, 6) is -0.0696. The van der Waals surface area contributed by atoms with Gasteiger partial charge in [0.15, 0.2) is 4.80 Å². The van der Waals surface area contributed by atoms with Crippen molar-refractivity contribution in [3.63, 3.8) is 0 Å². The lowest BCUT2D eigenvalue weighted by Crippen LogP contribution is -2.39. The average Bonchev–Trinajstić information content (AvgIpc) is 3.33. The topological polar surface area (TPSA) is 76.4 Å². The molecular weight excluding hydrogens is 482 g/mol. The zero-order valence-electron chi connectivity index (χ0n) is 22.0. The van der Waals surface area contributed by atoms with Crippen LogP contribution in [-0.2, 0) is 9.53 Å². The van der Waals surface area contributed by atoms with Crippen LogP contribution in [0.1, 0.15) is 67.6 Å². The van der Waals surface area contributed by atoms with Crippen LogP contribution >= 0.6 is 11.3 Å². The van der Waals surface area contributed by atoms with Crippen molar-refractivity contribution in [1.82, 2.24) is 9.55 Å². The van der Waals surface area contributed by atoms with E-state index >= 15 is 0 Å². The number of nitrogens with zero attached hydrogens (tertiary/aromatic N) is 2. The van der Waals surface area contributed by atoms with Crippen molar-refractivity contribution >= 4 is 34.3 Å². The first-order valence-corrected chi connectivity index (χ1v) is 13.4. The Labute approximate surface area is 219 Å². The Bertz CT molecular complexity index is 1730. The monoisotopic (exact) mass is 513 g/mol. The number of thiazole rings is 1. The molecule has 0 saturated carbocycles. The number of aryl methyl sites for hydroxylation is 2. The van der Waals surface area contributed by atoms with E-state index in [1.807, 2.05) is 32.1 Å². The highest BCUT2D eigenvalue weighted by atomic mass is 32.1. The van der Waals surface area contributed by atoms with Gasteiger partial charge >= 0.3 is 5.97 Å². The van der Waals surface area contributed by atoms with Gasteiger partial charge in [-0.1, -0.05) is 61.1 Å². The Hall–Kier alpha value is -3.71. The van der Waals surface area contributed by atoms with E-state index in [-0.39, 0.29) is 12.2 Å². The zero-order chi connectivity index (χ0) is 26.4. The number of H-pyrrole nitrogens is 1. The number of esters is 1. The van der Waals surface area contributed by atoms with Crippen LogP contribution in [0, 0.1) is 13.8 Å². The molecule has 0 fully saturated rings. The van der Waals surface area contributed by atoms with Gasteiger partial charge in [-0.25, -0.2) is 9.79 Å². The molecule has 1 atom stereocenters. The fourth-order valence-electron chi connectivity index (χ4n) is 4.95. The molecule has 37 heavy (non-hydrogen) atoms. The molecule has 7 heteroatoms. The number of benzene rings is 2. The predicted octanol–water partition coefficient (Wildman–Crippen LogP) is 5.02. The first-order valence-electron chi connectivity index (χ1n) is 12.6. The van der Waals surface area contributed by atoms with Crippen LogP contribution in [-0.4, -0.2) is 22.1 Å². The van der Waals surface area contributed by atoms with Crippen molar-refractivity contribution in [3.8, 4) is 0 Å². The van der Waals surface area contributed by atoms with E-state index in [0.29, 0.717) is 26.5 Å². The smallest absolute Gasteiger partial charge is 0.338 e. The van der Waals surface area contributed by atoms with E-state index in [2.05, 4.69) is 56.1 Å². The average molecular weight is 514 g/mol. The third-order valence-corrected chi connectivity index (χ3v) is 7.89. The van der Waals surface area contributed by atoms with Crippen molar-refractivity contribution in [3.05, 3.63) is 101 Å². The molecule has 3 heterocycles. The number of aromatic nitrogens is 2. The summed E-state index contributed by atoms with van der Waals surface area (Å²) in [5.41, 5.74) is 7.03. The number of allylic oxidation sites excluding steroid dienone is 1. The van der Waals surface area contributed by atoms with Gasteiger partial charge in [0.05, 0.1) is 28.5 Å². The van der Waals surface area contributed by atoms with Crippen LogP contribution in [0.15, 0.2) is 63.5 Å². The van der Waals surface area contributed by atoms with Gasteiger partial charge in [0.2, 0.25) is 0 Å².